The van der Waals surface area contributed by atoms with E-state index in [0.717, 1.165) is 5.69 Å². The molecule has 0 aliphatic carbocycles. The van der Waals surface area contributed by atoms with Crippen LogP contribution in [-0.2, 0) is 0 Å². The number of amides is 1. The molecule has 102 valence electrons. The summed E-state index contributed by atoms with van der Waals surface area (Å²) < 4.78 is 10.9. The first-order valence-corrected chi connectivity index (χ1v) is 6.22. The Morgan fingerprint density at radius 3 is 2.75 bits per heavy atom. The topological polar surface area (TPSA) is 73.3 Å². The molecule has 0 bridgehead atoms. The van der Waals surface area contributed by atoms with Crippen molar-refractivity contribution in [3.8, 4) is 11.5 Å². The lowest BCUT2D eigenvalue weighted by Crippen LogP contribution is -2.17. The number of nitrogens with zero attached hydrogens (tertiary/aromatic N) is 2. The fraction of sp³-hybridized carbons (Fsp3) is 0.214. The molecule has 0 spiro atoms. The van der Waals surface area contributed by atoms with E-state index in [1.807, 2.05) is 6.92 Å². The van der Waals surface area contributed by atoms with Gasteiger partial charge in [-0.2, -0.15) is 0 Å². The number of benzene rings is 1. The summed E-state index contributed by atoms with van der Waals surface area (Å²) in [5.74, 6) is 1.03. The van der Waals surface area contributed by atoms with Crippen molar-refractivity contribution in [1.29, 1.82) is 0 Å². The molecule has 6 nitrogen and oxygen atoms in total. The van der Waals surface area contributed by atoms with Crippen molar-refractivity contribution in [2.75, 3.05) is 18.5 Å². The average molecular weight is 271 g/mol. The third kappa shape index (κ3) is 2.54. The van der Waals surface area contributed by atoms with E-state index < -0.39 is 0 Å². The maximum absolute atomic E-state index is 12.1. The minimum Gasteiger partial charge on any atom is -0.486 e. The molecule has 1 amide bonds. The number of hydrogen-bond donors (Lipinski definition) is 1. The van der Waals surface area contributed by atoms with Crippen LogP contribution in [-0.4, -0.2) is 29.1 Å². The van der Waals surface area contributed by atoms with Crippen molar-refractivity contribution in [3.63, 3.8) is 0 Å². The molecule has 2 aromatic rings. The van der Waals surface area contributed by atoms with E-state index in [9.17, 15) is 4.79 Å². The van der Waals surface area contributed by atoms with Gasteiger partial charge in [0.05, 0.1) is 0 Å². The Kier molecular flexibility index (Phi) is 3.20. The Balaban J connectivity index is 1.79. The standard InChI is InChI=1S/C14H13N3O3/c1-9-6-11(16-8-15-9)14(18)17-10-2-3-12-13(7-10)20-5-4-19-12/h2-3,6-8H,4-5H2,1H3,(H,17,18). The number of carbonyl (C=O) groups is 1. The van der Waals surface area contributed by atoms with Gasteiger partial charge in [-0.25, -0.2) is 9.97 Å². The van der Waals surface area contributed by atoms with Gasteiger partial charge in [0, 0.05) is 17.4 Å². The number of aryl methyl sites for hydroxylation is 1. The number of ether oxygens (including phenoxy) is 2. The molecule has 1 aromatic heterocycles. The Morgan fingerprint density at radius 2 is 1.95 bits per heavy atom. The lowest BCUT2D eigenvalue weighted by atomic mass is 10.2. The minimum atomic E-state index is -0.285. The number of nitrogens with one attached hydrogen (secondary N) is 1. The zero-order valence-electron chi connectivity index (χ0n) is 10.9. The van der Waals surface area contributed by atoms with Gasteiger partial charge < -0.3 is 14.8 Å². The summed E-state index contributed by atoms with van der Waals surface area (Å²) in [6, 6.07) is 6.91. The van der Waals surface area contributed by atoms with Crippen LogP contribution in [0.25, 0.3) is 0 Å². The summed E-state index contributed by atoms with van der Waals surface area (Å²) in [4.78, 5) is 20.0. The van der Waals surface area contributed by atoms with Crippen LogP contribution in [0.5, 0.6) is 11.5 Å². The molecule has 0 radical (unpaired) electrons. The molecule has 1 N–H and O–H groups in total. The van der Waals surface area contributed by atoms with Crippen molar-refractivity contribution < 1.29 is 14.3 Å². The largest absolute Gasteiger partial charge is 0.486 e. The van der Waals surface area contributed by atoms with E-state index in [-0.39, 0.29) is 5.91 Å². The van der Waals surface area contributed by atoms with E-state index in [2.05, 4.69) is 15.3 Å². The highest BCUT2D eigenvalue weighted by Crippen LogP contribution is 2.32. The quantitative estimate of drug-likeness (QED) is 0.901. The Hall–Kier alpha value is -2.63. The molecule has 1 aliphatic rings. The molecule has 20 heavy (non-hydrogen) atoms. The molecule has 1 aromatic carbocycles. The Morgan fingerprint density at radius 1 is 1.15 bits per heavy atom. The van der Waals surface area contributed by atoms with Crippen LogP contribution in [0.2, 0.25) is 0 Å². The van der Waals surface area contributed by atoms with Crippen LogP contribution in [0, 0.1) is 6.92 Å². The minimum absolute atomic E-state index is 0.285. The summed E-state index contributed by atoms with van der Waals surface area (Å²) in [5.41, 5.74) is 1.70. The van der Waals surface area contributed by atoms with Gasteiger partial charge in [0.15, 0.2) is 11.5 Å². The highest BCUT2D eigenvalue weighted by molar-refractivity contribution is 6.03. The van der Waals surface area contributed by atoms with Crippen LogP contribution in [0.4, 0.5) is 5.69 Å². The van der Waals surface area contributed by atoms with Gasteiger partial charge in [-0.05, 0) is 25.1 Å². The summed E-state index contributed by atoms with van der Waals surface area (Å²) in [6.45, 7) is 2.86. The molecule has 0 saturated heterocycles. The Labute approximate surface area is 115 Å². The predicted molar refractivity (Wildman–Crippen MR) is 72.2 cm³/mol. The van der Waals surface area contributed by atoms with Gasteiger partial charge in [0.1, 0.15) is 25.2 Å². The van der Waals surface area contributed by atoms with E-state index in [1.54, 1.807) is 24.3 Å². The summed E-state index contributed by atoms with van der Waals surface area (Å²) in [6.07, 6.45) is 1.37. The van der Waals surface area contributed by atoms with Gasteiger partial charge in [0.25, 0.3) is 5.91 Å². The predicted octanol–water partition coefficient (Wildman–Crippen LogP) is 1.81. The SMILES string of the molecule is Cc1cc(C(=O)Nc2ccc3c(c2)OCCO3)ncn1. The highest BCUT2D eigenvalue weighted by Gasteiger charge is 2.14. The maximum Gasteiger partial charge on any atom is 0.274 e. The number of rotatable bonds is 2. The molecular weight excluding hydrogens is 258 g/mol. The van der Waals surface area contributed by atoms with Crippen molar-refractivity contribution in [2.24, 2.45) is 0 Å². The zero-order valence-corrected chi connectivity index (χ0v) is 10.9. The molecule has 2 heterocycles. The van der Waals surface area contributed by atoms with Gasteiger partial charge in [-0.1, -0.05) is 0 Å². The number of fused-ring (bicyclic) bond motifs is 1. The molecule has 1 aliphatic heterocycles. The number of carbonyl (C=O) groups excluding carboxylic acids is 1. The number of anilines is 1. The average Bonchev–Trinajstić information content (AvgIpc) is 2.47. The van der Waals surface area contributed by atoms with Crippen LogP contribution in [0.1, 0.15) is 16.2 Å². The smallest absolute Gasteiger partial charge is 0.274 e. The monoisotopic (exact) mass is 271 g/mol. The summed E-state index contributed by atoms with van der Waals surface area (Å²) in [7, 11) is 0. The van der Waals surface area contributed by atoms with E-state index >= 15 is 0 Å². The van der Waals surface area contributed by atoms with Crippen molar-refractivity contribution >= 4 is 11.6 Å². The van der Waals surface area contributed by atoms with Crippen LogP contribution < -0.4 is 14.8 Å². The maximum atomic E-state index is 12.1. The lowest BCUT2D eigenvalue weighted by Gasteiger charge is -2.18. The second-order valence-electron chi connectivity index (χ2n) is 4.36. The first kappa shape index (κ1) is 12.4. The van der Waals surface area contributed by atoms with Gasteiger partial charge >= 0.3 is 0 Å². The molecule has 0 saturated carbocycles. The van der Waals surface area contributed by atoms with Gasteiger partial charge in [-0.3, -0.25) is 4.79 Å². The molecule has 0 atom stereocenters. The molecule has 3 rings (SSSR count). The first-order valence-electron chi connectivity index (χ1n) is 6.22. The highest BCUT2D eigenvalue weighted by atomic mass is 16.6. The fourth-order valence-corrected chi connectivity index (χ4v) is 1.89. The lowest BCUT2D eigenvalue weighted by molar-refractivity contribution is 0.102. The fourth-order valence-electron chi connectivity index (χ4n) is 1.89. The van der Waals surface area contributed by atoms with Crippen LogP contribution >= 0.6 is 0 Å². The number of aromatic nitrogens is 2. The van der Waals surface area contributed by atoms with Crippen LogP contribution in [0.15, 0.2) is 30.6 Å². The Bertz CT molecular complexity index is 658. The second-order valence-corrected chi connectivity index (χ2v) is 4.36. The third-order valence-electron chi connectivity index (χ3n) is 2.84. The van der Waals surface area contributed by atoms with Crippen molar-refractivity contribution in [1.82, 2.24) is 9.97 Å². The molecule has 0 fully saturated rings. The third-order valence-corrected chi connectivity index (χ3v) is 2.84. The van der Waals surface area contributed by atoms with Crippen LogP contribution in [0.3, 0.4) is 0 Å². The van der Waals surface area contributed by atoms with Gasteiger partial charge in [0.2, 0.25) is 0 Å². The van der Waals surface area contributed by atoms with E-state index in [1.165, 1.54) is 6.33 Å². The molecular formula is C14H13N3O3. The molecule has 0 unspecified atom stereocenters. The normalized spacial score (nSPS) is 12.8. The van der Waals surface area contributed by atoms with Crippen molar-refractivity contribution in [2.45, 2.75) is 6.92 Å². The molecule has 6 heteroatoms. The number of hydrogen-bond acceptors (Lipinski definition) is 5. The van der Waals surface area contributed by atoms with Gasteiger partial charge in [-0.15, -0.1) is 0 Å². The summed E-state index contributed by atoms with van der Waals surface area (Å²) in [5, 5.41) is 2.77. The van der Waals surface area contributed by atoms with E-state index in [0.29, 0.717) is 36.1 Å². The zero-order chi connectivity index (χ0) is 13.9. The second kappa shape index (κ2) is 5.16. The van der Waals surface area contributed by atoms with E-state index in [4.69, 9.17) is 9.47 Å². The first-order chi connectivity index (χ1) is 9.72. The van der Waals surface area contributed by atoms with Crippen molar-refractivity contribution in [3.05, 3.63) is 42.0 Å². The summed E-state index contributed by atoms with van der Waals surface area (Å²) >= 11 is 0.